The minimum Gasteiger partial charge on any atom is -0.280 e. The normalized spacial score (nSPS) is 13.2. The molecule has 21 heavy (non-hydrogen) atoms. The molecule has 0 aliphatic carbocycles. The minimum absolute atomic E-state index is 0.125. The van der Waals surface area contributed by atoms with Gasteiger partial charge in [-0.25, -0.2) is 9.79 Å². The number of para-hydroxylation sites is 2. The van der Waals surface area contributed by atoms with Gasteiger partial charge in [-0.2, -0.15) is 0 Å². The zero-order valence-electron chi connectivity index (χ0n) is 11.5. The first-order chi connectivity index (χ1) is 10.4. The highest BCUT2D eigenvalue weighted by Crippen LogP contribution is 2.26. The van der Waals surface area contributed by atoms with Crippen molar-refractivity contribution in [2.45, 2.75) is 0 Å². The smallest absolute Gasteiger partial charge is 0.280 e. The Balaban J connectivity index is 1.98. The summed E-state index contributed by atoms with van der Waals surface area (Å²) >= 11 is 0. The van der Waals surface area contributed by atoms with Gasteiger partial charge in [-0.15, -0.1) is 0 Å². The molecule has 104 valence electrons. The van der Waals surface area contributed by atoms with E-state index in [0.717, 1.165) is 11.4 Å². The van der Waals surface area contributed by atoms with E-state index in [4.69, 9.17) is 0 Å². The van der Waals surface area contributed by atoms with Gasteiger partial charge in [0.15, 0.2) is 0 Å². The number of nitrogens with zero attached hydrogens (tertiary/aromatic N) is 3. The Morgan fingerprint density at radius 3 is 2.00 bits per heavy atom. The Morgan fingerprint density at radius 1 is 0.952 bits per heavy atom. The topological polar surface area (TPSA) is 35.9 Å². The lowest BCUT2D eigenvalue weighted by atomic mass is 10.2. The molecular weight excluding hydrogens is 262 g/mol. The monoisotopic (exact) mass is 277 g/mol. The van der Waals surface area contributed by atoms with Crippen LogP contribution in [0.1, 0.15) is 0 Å². The zero-order valence-corrected chi connectivity index (χ0v) is 11.5. The van der Waals surface area contributed by atoms with E-state index < -0.39 is 0 Å². The Hall–Kier alpha value is -2.88. The van der Waals surface area contributed by atoms with E-state index in [-0.39, 0.29) is 6.03 Å². The third-order valence-corrected chi connectivity index (χ3v) is 3.17. The number of aliphatic imine (C=N–C) groups is 1. The molecule has 4 heteroatoms. The predicted molar refractivity (Wildman–Crippen MR) is 84.8 cm³/mol. The van der Waals surface area contributed by atoms with Crippen LogP contribution in [-0.2, 0) is 0 Å². The summed E-state index contributed by atoms with van der Waals surface area (Å²) in [6.45, 7) is 0.526. The maximum atomic E-state index is 12.8. The fourth-order valence-corrected chi connectivity index (χ4v) is 2.17. The maximum Gasteiger partial charge on any atom is 0.334 e. The van der Waals surface area contributed by atoms with E-state index in [9.17, 15) is 4.79 Å². The molecule has 0 spiro atoms. The Kier molecular flexibility index (Phi) is 3.78. The van der Waals surface area contributed by atoms with E-state index in [1.165, 1.54) is 0 Å². The largest absolute Gasteiger partial charge is 0.334 e. The lowest BCUT2D eigenvalue weighted by molar-refractivity contribution is 0.233. The van der Waals surface area contributed by atoms with E-state index in [2.05, 4.69) is 4.99 Å². The van der Waals surface area contributed by atoms with Crippen LogP contribution in [0.4, 0.5) is 16.2 Å². The van der Waals surface area contributed by atoms with Crippen LogP contribution >= 0.6 is 0 Å². The number of rotatable bonds is 2. The Labute approximate surface area is 123 Å². The minimum atomic E-state index is -0.125. The van der Waals surface area contributed by atoms with Crippen molar-refractivity contribution in [3.8, 4) is 0 Å². The number of hydrogen-bond donors (Lipinski definition) is 0. The molecule has 0 atom stereocenters. The average Bonchev–Trinajstić information content (AvgIpc) is 2.58. The number of anilines is 2. The average molecular weight is 277 g/mol. The van der Waals surface area contributed by atoms with Gasteiger partial charge < -0.3 is 0 Å². The van der Waals surface area contributed by atoms with Gasteiger partial charge in [0.2, 0.25) is 0 Å². The van der Waals surface area contributed by atoms with Crippen LogP contribution < -0.4 is 4.90 Å². The van der Waals surface area contributed by atoms with Crippen LogP contribution in [0.25, 0.3) is 0 Å². The second-order valence-electron chi connectivity index (χ2n) is 4.59. The first-order valence-electron chi connectivity index (χ1n) is 6.75. The van der Waals surface area contributed by atoms with Crippen molar-refractivity contribution >= 4 is 23.7 Å². The van der Waals surface area contributed by atoms with Gasteiger partial charge in [0.25, 0.3) is 0 Å². The zero-order chi connectivity index (χ0) is 14.5. The summed E-state index contributed by atoms with van der Waals surface area (Å²) < 4.78 is 0. The molecule has 0 bridgehead atoms. The van der Waals surface area contributed by atoms with Crippen LogP contribution in [0, 0.1) is 0 Å². The van der Waals surface area contributed by atoms with Gasteiger partial charge in [-0.1, -0.05) is 36.4 Å². The standard InChI is InChI=1S/C17H15N3O/c21-17(19-13-7-12-18-14-19)20(15-8-3-1-4-9-15)16-10-5-2-6-11-16/h1-12,14H,13H2. The second-order valence-corrected chi connectivity index (χ2v) is 4.59. The molecule has 0 saturated carbocycles. The number of amides is 2. The van der Waals surface area contributed by atoms with Gasteiger partial charge in [-0.3, -0.25) is 9.80 Å². The van der Waals surface area contributed by atoms with Crippen LogP contribution in [-0.4, -0.2) is 23.8 Å². The van der Waals surface area contributed by atoms with Gasteiger partial charge >= 0.3 is 6.03 Å². The highest BCUT2D eigenvalue weighted by atomic mass is 16.2. The Bertz CT molecular complexity index is 625. The summed E-state index contributed by atoms with van der Waals surface area (Å²) in [4.78, 5) is 20.1. The molecule has 0 N–H and O–H groups in total. The predicted octanol–water partition coefficient (Wildman–Crippen LogP) is 3.80. The summed E-state index contributed by atoms with van der Waals surface area (Å²) in [7, 11) is 0. The summed E-state index contributed by atoms with van der Waals surface area (Å²) in [6, 6.07) is 19.1. The second kappa shape index (κ2) is 6.05. The molecule has 1 aliphatic heterocycles. The molecule has 1 heterocycles. The van der Waals surface area contributed by atoms with E-state index in [1.807, 2.05) is 66.7 Å². The van der Waals surface area contributed by atoms with Crippen LogP contribution in [0.5, 0.6) is 0 Å². The maximum absolute atomic E-state index is 12.8. The van der Waals surface area contributed by atoms with Crippen molar-refractivity contribution in [3.63, 3.8) is 0 Å². The van der Waals surface area contributed by atoms with Crippen molar-refractivity contribution in [2.24, 2.45) is 4.99 Å². The van der Waals surface area contributed by atoms with Crippen molar-refractivity contribution in [2.75, 3.05) is 11.4 Å². The summed E-state index contributed by atoms with van der Waals surface area (Å²) in [5.41, 5.74) is 1.66. The molecule has 2 aromatic rings. The van der Waals surface area contributed by atoms with Gasteiger partial charge in [-0.05, 0) is 30.3 Å². The number of carbonyl (C=O) groups excluding carboxylic acids is 1. The molecule has 0 fully saturated rings. The van der Waals surface area contributed by atoms with Crippen molar-refractivity contribution < 1.29 is 4.79 Å². The first kappa shape index (κ1) is 13.1. The molecule has 2 aromatic carbocycles. The summed E-state index contributed by atoms with van der Waals surface area (Å²) in [6.07, 6.45) is 5.10. The van der Waals surface area contributed by atoms with Gasteiger partial charge in [0, 0.05) is 12.7 Å². The number of benzene rings is 2. The lowest BCUT2D eigenvalue weighted by Gasteiger charge is -2.28. The third kappa shape index (κ3) is 2.84. The molecule has 2 amide bonds. The highest BCUT2D eigenvalue weighted by Gasteiger charge is 2.22. The SMILES string of the molecule is O=C(N1C=NC=CC1)N(c1ccccc1)c1ccccc1. The van der Waals surface area contributed by atoms with Crippen molar-refractivity contribution in [3.05, 3.63) is 72.9 Å². The Morgan fingerprint density at radius 2 is 1.52 bits per heavy atom. The van der Waals surface area contributed by atoms with Crippen LogP contribution in [0.3, 0.4) is 0 Å². The molecule has 0 unspecified atom stereocenters. The summed E-state index contributed by atoms with van der Waals surface area (Å²) in [5.74, 6) is 0. The summed E-state index contributed by atoms with van der Waals surface area (Å²) in [5, 5.41) is 0. The molecule has 0 aromatic heterocycles. The lowest BCUT2D eigenvalue weighted by Crippen LogP contribution is -2.40. The molecule has 4 nitrogen and oxygen atoms in total. The van der Waals surface area contributed by atoms with Gasteiger partial charge in [0.1, 0.15) is 0 Å². The molecule has 0 saturated heterocycles. The molecule has 3 rings (SSSR count). The van der Waals surface area contributed by atoms with Crippen molar-refractivity contribution in [1.29, 1.82) is 0 Å². The van der Waals surface area contributed by atoms with E-state index in [1.54, 1.807) is 22.3 Å². The first-order valence-corrected chi connectivity index (χ1v) is 6.75. The number of urea groups is 1. The van der Waals surface area contributed by atoms with E-state index in [0.29, 0.717) is 6.54 Å². The quantitative estimate of drug-likeness (QED) is 0.822. The molecule has 0 radical (unpaired) electrons. The number of hydrogen-bond acceptors (Lipinski definition) is 2. The third-order valence-electron chi connectivity index (χ3n) is 3.17. The van der Waals surface area contributed by atoms with Gasteiger partial charge in [0.05, 0.1) is 17.7 Å². The number of carbonyl (C=O) groups is 1. The van der Waals surface area contributed by atoms with Crippen molar-refractivity contribution in [1.82, 2.24) is 4.90 Å². The fourth-order valence-electron chi connectivity index (χ4n) is 2.17. The molecule has 1 aliphatic rings. The van der Waals surface area contributed by atoms with Crippen LogP contribution in [0.2, 0.25) is 0 Å². The fraction of sp³-hybridized carbons (Fsp3) is 0.0588. The van der Waals surface area contributed by atoms with Crippen LogP contribution in [0.15, 0.2) is 77.9 Å². The van der Waals surface area contributed by atoms with E-state index >= 15 is 0 Å². The highest BCUT2D eigenvalue weighted by molar-refractivity contribution is 6.04. The molecular formula is C17H15N3O.